The van der Waals surface area contributed by atoms with Crippen LogP contribution in [0, 0.1) is 0 Å². The summed E-state index contributed by atoms with van der Waals surface area (Å²) in [5.41, 5.74) is 7.34. The Kier molecular flexibility index (Phi) is 2.95. The minimum atomic E-state index is -0.387. The van der Waals surface area contributed by atoms with Crippen molar-refractivity contribution in [1.29, 1.82) is 0 Å². The van der Waals surface area contributed by atoms with Crippen LogP contribution in [0.25, 0.3) is 11.0 Å². The molecule has 2 heterocycles. The molecule has 0 bridgehead atoms. The van der Waals surface area contributed by atoms with Crippen LogP contribution >= 0.6 is 0 Å². The van der Waals surface area contributed by atoms with E-state index >= 15 is 0 Å². The smallest absolute Gasteiger partial charge is 0.242 e. The van der Waals surface area contributed by atoms with Crippen molar-refractivity contribution in [3.63, 3.8) is 0 Å². The van der Waals surface area contributed by atoms with Crippen molar-refractivity contribution in [2.24, 2.45) is 0 Å². The van der Waals surface area contributed by atoms with Crippen molar-refractivity contribution in [2.45, 2.75) is 19.9 Å². The quantitative estimate of drug-likeness (QED) is 0.817. The summed E-state index contributed by atoms with van der Waals surface area (Å²) < 4.78 is 1.71. The zero-order valence-electron chi connectivity index (χ0n) is 9.84. The number of nitrogens with zero attached hydrogens (tertiary/aromatic N) is 3. The van der Waals surface area contributed by atoms with Crippen LogP contribution in [-0.2, 0) is 4.79 Å². The molecule has 2 aromatic heterocycles. The summed E-state index contributed by atoms with van der Waals surface area (Å²) in [6, 6.07) is 1.41. The first kappa shape index (κ1) is 11.4. The molecule has 6 nitrogen and oxygen atoms in total. The van der Waals surface area contributed by atoms with Gasteiger partial charge in [0.2, 0.25) is 11.9 Å². The Labute approximate surface area is 98.8 Å². The molecule has 0 aliphatic rings. The first-order valence-electron chi connectivity index (χ1n) is 5.50. The fourth-order valence-corrected chi connectivity index (χ4v) is 1.82. The molecule has 1 atom stereocenters. The Bertz CT molecular complexity index is 548. The number of carbonyl (C=O) groups excluding carboxylic acids is 1. The van der Waals surface area contributed by atoms with E-state index < -0.39 is 0 Å². The highest BCUT2D eigenvalue weighted by atomic mass is 16.2. The van der Waals surface area contributed by atoms with E-state index in [1.807, 2.05) is 6.92 Å². The zero-order valence-corrected chi connectivity index (χ0v) is 9.84. The Morgan fingerprint density at radius 2 is 2.41 bits per heavy atom. The summed E-state index contributed by atoms with van der Waals surface area (Å²) in [4.78, 5) is 20.0. The molecule has 2 aromatic rings. The van der Waals surface area contributed by atoms with E-state index in [0.29, 0.717) is 18.0 Å². The predicted molar refractivity (Wildman–Crippen MR) is 65.3 cm³/mol. The average molecular weight is 233 g/mol. The second-order valence-electron chi connectivity index (χ2n) is 3.77. The molecule has 0 saturated carbocycles. The van der Waals surface area contributed by atoms with E-state index in [0.717, 1.165) is 5.52 Å². The fourth-order valence-electron chi connectivity index (χ4n) is 1.82. The molecular formula is C11H15N5O. The van der Waals surface area contributed by atoms with Crippen LogP contribution in [0.5, 0.6) is 0 Å². The molecule has 0 saturated heterocycles. The van der Waals surface area contributed by atoms with Crippen molar-refractivity contribution in [3.8, 4) is 0 Å². The number of anilines is 1. The number of imidazole rings is 1. The maximum atomic E-state index is 11.8. The third kappa shape index (κ3) is 1.93. The number of nitrogens with two attached hydrogens (primary N) is 1. The molecule has 17 heavy (non-hydrogen) atoms. The molecule has 0 aliphatic heterocycles. The molecule has 2 rings (SSSR count). The van der Waals surface area contributed by atoms with Gasteiger partial charge in [-0.2, -0.15) is 0 Å². The second kappa shape index (κ2) is 4.40. The molecule has 6 heteroatoms. The number of rotatable bonds is 3. The number of fused-ring (bicyclic) bond motifs is 1. The molecule has 1 amide bonds. The maximum absolute atomic E-state index is 11.8. The van der Waals surface area contributed by atoms with E-state index in [4.69, 9.17) is 5.73 Å². The summed E-state index contributed by atoms with van der Waals surface area (Å²) in [6.45, 7) is 4.27. The number of pyridine rings is 1. The largest absolute Gasteiger partial charge is 0.369 e. The van der Waals surface area contributed by atoms with Crippen molar-refractivity contribution in [1.82, 2.24) is 19.9 Å². The number of hydrogen-bond donors (Lipinski definition) is 2. The van der Waals surface area contributed by atoms with Gasteiger partial charge in [-0.1, -0.05) is 0 Å². The van der Waals surface area contributed by atoms with Gasteiger partial charge in [0.1, 0.15) is 11.6 Å². The van der Waals surface area contributed by atoms with Gasteiger partial charge in [-0.15, -0.1) is 0 Å². The minimum absolute atomic E-state index is 0.0738. The van der Waals surface area contributed by atoms with E-state index in [1.54, 1.807) is 30.0 Å². The average Bonchev–Trinajstić information content (AvgIpc) is 2.64. The van der Waals surface area contributed by atoms with Gasteiger partial charge in [-0.05, 0) is 19.9 Å². The Hall–Kier alpha value is -2.11. The number of hydrogen-bond acceptors (Lipinski definition) is 4. The van der Waals surface area contributed by atoms with Crippen molar-refractivity contribution >= 4 is 22.9 Å². The molecule has 1 unspecified atom stereocenters. The summed E-state index contributed by atoms with van der Waals surface area (Å²) >= 11 is 0. The Morgan fingerprint density at radius 1 is 1.65 bits per heavy atom. The third-order valence-electron chi connectivity index (χ3n) is 2.64. The number of amides is 1. The van der Waals surface area contributed by atoms with Crippen LogP contribution in [0.4, 0.5) is 5.95 Å². The summed E-state index contributed by atoms with van der Waals surface area (Å²) in [7, 11) is 0. The molecule has 0 radical (unpaired) electrons. The molecule has 0 spiro atoms. The molecular weight excluding hydrogens is 218 g/mol. The lowest BCUT2D eigenvalue weighted by molar-refractivity contribution is -0.123. The Morgan fingerprint density at radius 3 is 3.12 bits per heavy atom. The van der Waals surface area contributed by atoms with E-state index in [2.05, 4.69) is 15.3 Å². The Balaban J connectivity index is 2.47. The molecule has 3 N–H and O–H groups in total. The topological polar surface area (TPSA) is 85.8 Å². The van der Waals surface area contributed by atoms with Gasteiger partial charge in [-0.3, -0.25) is 14.3 Å². The second-order valence-corrected chi connectivity index (χ2v) is 3.77. The summed E-state index contributed by atoms with van der Waals surface area (Å²) in [6.07, 6.45) is 3.29. The van der Waals surface area contributed by atoms with E-state index in [9.17, 15) is 4.79 Å². The monoisotopic (exact) mass is 233 g/mol. The lowest BCUT2D eigenvalue weighted by Gasteiger charge is -2.15. The zero-order chi connectivity index (χ0) is 12.4. The van der Waals surface area contributed by atoms with Gasteiger partial charge in [0.15, 0.2) is 0 Å². The van der Waals surface area contributed by atoms with Crippen LogP contribution in [0.2, 0.25) is 0 Å². The number of carbonyl (C=O) groups is 1. The first-order valence-corrected chi connectivity index (χ1v) is 5.50. The SMILES string of the molecule is CCNC(=O)C(C)n1c(N)nc2cnccc21. The lowest BCUT2D eigenvalue weighted by Crippen LogP contribution is -2.31. The van der Waals surface area contributed by atoms with Gasteiger partial charge >= 0.3 is 0 Å². The van der Waals surface area contributed by atoms with Gasteiger partial charge in [0, 0.05) is 12.7 Å². The normalized spacial score (nSPS) is 12.6. The number of likely N-dealkylation sites (N-methyl/N-ethyl adjacent to an activating group) is 1. The highest BCUT2D eigenvalue weighted by Gasteiger charge is 2.19. The van der Waals surface area contributed by atoms with Gasteiger partial charge in [0.05, 0.1) is 11.7 Å². The molecule has 90 valence electrons. The minimum Gasteiger partial charge on any atom is -0.369 e. The molecule has 0 aromatic carbocycles. The highest BCUT2D eigenvalue weighted by molar-refractivity contribution is 5.85. The number of nitrogens with one attached hydrogen (secondary N) is 1. The molecule has 0 aliphatic carbocycles. The third-order valence-corrected chi connectivity index (χ3v) is 2.64. The maximum Gasteiger partial charge on any atom is 0.242 e. The van der Waals surface area contributed by atoms with Crippen LogP contribution in [0.3, 0.4) is 0 Å². The van der Waals surface area contributed by atoms with Crippen LogP contribution in [0.15, 0.2) is 18.5 Å². The lowest BCUT2D eigenvalue weighted by atomic mass is 10.3. The van der Waals surface area contributed by atoms with Gasteiger partial charge in [-0.25, -0.2) is 4.98 Å². The number of aromatic nitrogens is 3. The number of nitrogen functional groups attached to an aromatic ring is 1. The van der Waals surface area contributed by atoms with E-state index in [1.165, 1.54) is 0 Å². The standard InChI is InChI=1S/C11H15N5O/c1-3-14-10(17)7(2)16-9-4-5-13-6-8(9)15-11(16)12/h4-7H,3H2,1-2H3,(H2,12,15)(H,14,17). The predicted octanol–water partition coefficient (Wildman–Crippen LogP) is 0.711. The van der Waals surface area contributed by atoms with Crippen LogP contribution < -0.4 is 11.1 Å². The van der Waals surface area contributed by atoms with Crippen molar-refractivity contribution < 1.29 is 4.79 Å². The summed E-state index contributed by atoms with van der Waals surface area (Å²) in [5.74, 6) is 0.252. The van der Waals surface area contributed by atoms with Gasteiger partial charge in [0.25, 0.3) is 0 Å². The van der Waals surface area contributed by atoms with Crippen LogP contribution in [0.1, 0.15) is 19.9 Å². The van der Waals surface area contributed by atoms with Crippen molar-refractivity contribution in [2.75, 3.05) is 12.3 Å². The summed E-state index contributed by atoms with van der Waals surface area (Å²) in [5, 5.41) is 2.77. The highest BCUT2D eigenvalue weighted by Crippen LogP contribution is 2.21. The van der Waals surface area contributed by atoms with Gasteiger partial charge < -0.3 is 11.1 Å². The van der Waals surface area contributed by atoms with Crippen LogP contribution in [-0.4, -0.2) is 27.0 Å². The fraction of sp³-hybridized carbons (Fsp3) is 0.364. The molecule has 0 fully saturated rings. The first-order chi connectivity index (χ1) is 8.15. The van der Waals surface area contributed by atoms with E-state index in [-0.39, 0.29) is 11.9 Å². The van der Waals surface area contributed by atoms with Crippen molar-refractivity contribution in [3.05, 3.63) is 18.5 Å².